The number of hydrogen-bond acceptors (Lipinski definition) is 5. The van der Waals surface area contributed by atoms with Crippen molar-refractivity contribution in [2.45, 2.75) is 26.4 Å². The molecule has 26 heavy (non-hydrogen) atoms. The highest BCUT2D eigenvalue weighted by Crippen LogP contribution is 2.41. The summed E-state index contributed by atoms with van der Waals surface area (Å²) in [7, 11) is 1.89. The lowest BCUT2D eigenvalue weighted by Gasteiger charge is -2.10. The topological polar surface area (TPSA) is 69.9 Å². The normalized spacial score (nSPS) is 12.2. The predicted molar refractivity (Wildman–Crippen MR) is 98.0 cm³/mol. The van der Waals surface area contributed by atoms with Crippen LogP contribution in [0.1, 0.15) is 35.3 Å². The van der Waals surface area contributed by atoms with Gasteiger partial charge in [-0.3, -0.25) is 4.68 Å². The Morgan fingerprint density at radius 3 is 2.81 bits per heavy atom. The minimum Gasteiger partial charge on any atom is -0.459 e. The lowest BCUT2D eigenvalue weighted by Crippen LogP contribution is -2.14. The van der Waals surface area contributed by atoms with Gasteiger partial charge in [-0.15, -0.1) is 0 Å². The second-order valence-electron chi connectivity index (χ2n) is 6.49. The summed E-state index contributed by atoms with van der Waals surface area (Å²) in [6.45, 7) is 3.59. The molecular formula is C19H17ClN4O2. The number of nitrogens with zero attached hydrogens (tertiary/aromatic N) is 4. The molecule has 2 aromatic heterocycles. The van der Waals surface area contributed by atoms with E-state index in [4.69, 9.17) is 16.3 Å². The van der Waals surface area contributed by atoms with Gasteiger partial charge in [0.1, 0.15) is 17.0 Å². The summed E-state index contributed by atoms with van der Waals surface area (Å²) in [5, 5.41) is 4.69. The van der Waals surface area contributed by atoms with Crippen LogP contribution in [-0.2, 0) is 18.2 Å². The van der Waals surface area contributed by atoms with Gasteiger partial charge in [-0.25, -0.2) is 14.8 Å². The maximum Gasteiger partial charge on any atom is 0.342 e. The van der Waals surface area contributed by atoms with Gasteiger partial charge in [-0.2, -0.15) is 5.10 Å². The molecule has 0 amide bonds. The summed E-state index contributed by atoms with van der Waals surface area (Å²) < 4.78 is 7.15. The lowest BCUT2D eigenvalue weighted by molar-refractivity contribution is 0.0378. The number of aromatic nitrogens is 4. The molecule has 0 N–H and O–H groups in total. The third-order valence-electron chi connectivity index (χ3n) is 4.33. The first kappa shape index (κ1) is 16.7. The average Bonchev–Trinajstić information content (AvgIpc) is 3.12. The second-order valence-corrected chi connectivity index (χ2v) is 6.83. The van der Waals surface area contributed by atoms with E-state index in [1.54, 1.807) is 13.8 Å². The van der Waals surface area contributed by atoms with E-state index in [0.717, 1.165) is 23.2 Å². The molecule has 0 saturated heterocycles. The summed E-state index contributed by atoms with van der Waals surface area (Å²) in [5.41, 5.74) is 5.74. The molecule has 0 saturated carbocycles. The van der Waals surface area contributed by atoms with Crippen molar-refractivity contribution in [1.82, 2.24) is 19.7 Å². The van der Waals surface area contributed by atoms with E-state index in [-0.39, 0.29) is 17.0 Å². The van der Waals surface area contributed by atoms with Gasteiger partial charge in [-0.05, 0) is 31.0 Å². The number of halogens is 1. The summed E-state index contributed by atoms with van der Waals surface area (Å²) in [4.78, 5) is 20.8. The Kier molecular flexibility index (Phi) is 4.00. The fraction of sp³-hybridized carbons (Fsp3) is 0.263. The Morgan fingerprint density at radius 2 is 2.04 bits per heavy atom. The number of carbonyl (C=O) groups excluding carboxylic acids is 1. The molecule has 0 fully saturated rings. The highest BCUT2D eigenvalue weighted by atomic mass is 35.5. The molecule has 7 heteroatoms. The fourth-order valence-corrected chi connectivity index (χ4v) is 3.46. The van der Waals surface area contributed by atoms with Crippen molar-refractivity contribution in [2.24, 2.45) is 7.05 Å². The average molecular weight is 369 g/mol. The van der Waals surface area contributed by atoms with Crippen molar-refractivity contribution in [3.8, 4) is 22.6 Å². The third-order valence-corrected chi connectivity index (χ3v) is 4.51. The highest BCUT2D eigenvalue weighted by Gasteiger charge is 2.30. The number of carbonyl (C=O) groups is 1. The van der Waals surface area contributed by atoms with E-state index >= 15 is 0 Å². The largest absolute Gasteiger partial charge is 0.459 e. The minimum absolute atomic E-state index is 0.0658. The standard InChI is InChI=1S/C19H17ClN4O2/c1-10(2)26-18(25)14-9-21-19(20)22-15(14)16-13-8-11-6-4-5-7-12(11)17(13)24(3)23-16/h4-7,9-10H,8H2,1-3H3. The van der Waals surface area contributed by atoms with Gasteiger partial charge in [-0.1, -0.05) is 24.3 Å². The van der Waals surface area contributed by atoms with E-state index in [0.29, 0.717) is 11.4 Å². The van der Waals surface area contributed by atoms with E-state index in [9.17, 15) is 4.79 Å². The molecule has 0 bridgehead atoms. The van der Waals surface area contributed by atoms with Crippen LogP contribution < -0.4 is 0 Å². The number of benzene rings is 1. The maximum absolute atomic E-state index is 12.5. The van der Waals surface area contributed by atoms with Crippen LogP contribution in [0.3, 0.4) is 0 Å². The van der Waals surface area contributed by atoms with Crippen molar-refractivity contribution in [3.63, 3.8) is 0 Å². The van der Waals surface area contributed by atoms with Crippen LogP contribution in [0.15, 0.2) is 30.5 Å². The molecule has 4 rings (SSSR count). The summed E-state index contributed by atoms with van der Waals surface area (Å²) in [6, 6.07) is 8.20. The zero-order valence-corrected chi connectivity index (χ0v) is 15.4. The number of esters is 1. The molecule has 6 nitrogen and oxygen atoms in total. The molecule has 0 spiro atoms. The molecule has 0 atom stereocenters. The number of fused-ring (bicyclic) bond motifs is 3. The van der Waals surface area contributed by atoms with E-state index in [2.05, 4.69) is 27.2 Å². The molecule has 132 valence electrons. The van der Waals surface area contributed by atoms with Gasteiger partial charge >= 0.3 is 5.97 Å². The van der Waals surface area contributed by atoms with Crippen LogP contribution in [0.5, 0.6) is 0 Å². The zero-order valence-electron chi connectivity index (χ0n) is 14.7. The van der Waals surface area contributed by atoms with Crippen LogP contribution in [-0.4, -0.2) is 31.8 Å². The van der Waals surface area contributed by atoms with Gasteiger partial charge in [0.2, 0.25) is 5.28 Å². The SMILES string of the molecule is CC(C)OC(=O)c1cnc(Cl)nc1-c1nn(C)c2c1Cc1ccccc1-2. The third kappa shape index (κ3) is 2.66. The van der Waals surface area contributed by atoms with Crippen LogP contribution in [0.4, 0.5) is 0 Å². The van der Waals surface area contributed by atoms with Crippen molar-refractivity contribution >= 4 is 17.6 Å². The Bertz CT molecular complexity index is 1030. The van der Waals surface area contributed by atoms with E-state index in [1.165, 1.54) is 11.8 Å². The minimum atomic E-state index is -0.485. The molecule has 3 aromatic rings. The maximum atomic E-state index is 12.5. The molecule has 0 aliphatic heterocycles. The molecule has 2 heterocycles. The van der Waals surface area contributed by atoms with Gasteiger partial charge in [0.15, 0.2) is 0 Å². The van der Waals surface area contributed by atoms with Gasteiger partial charge in [0.25, 0.3) is 0 Å². The molecule has 1 aromatic carbocycles. The van der Waals surface area contributed by atoms with Crippen LogP contribution in [0, 0.1) is 0 Å². The van der Waals surface area contributed by atoms with Gasteiger partial charge in [0, 0.05) is 30.8 Å². The smallest absolute Gasteiger partial charge is 0.342 e. The second kappa shape index (κ2) is 6.21. The van der Waals surface area contributed by atoms with Crippen LogP contribution in [0.2, 0.25) is 5.28 Å². The molecule has 1 aliphatic carbocycles. The molecular weight excluding hydrogens is 352 g/mol. The number of hydrogen-bond donors (Lipinski definition) is 0. The van der Waals surface area contributed by atoms with Gasteiger partial charge < -0.3 is 4.74 Å². The highest BCUT2D eigenvalue weighted by molar-refractivity contribution is 6.28. The van der Waals surface area contributed by atoms with Crippen molar-refractivity contribution in [2.75, 3.05) is 0 Å². The lowest BCUT2D eigenvalue weighted by atomic mass is 10.1. The van der Waals surface area contributed by atoms with Crippen LogP contribution >= 0.6 is 11.6 Å². The summed E-state index contributed by atoms with van der Waals surface area (Å²) in [5.74, 6) is -0.485. The number of ether oxygens (including phenoxy) is 1. The first-order chi connectivity index (χ1) is 12.5. The number of rotatable bonds is 3. The Balaban J connectivity index is 1.88. The fourth-order valence-electron chi connectivity index (χ4n) is 3.33. The molecule has 1 aliphatic rings. The van der Waals surface area contributed by atoms with Crippen molar-refractivity contribution in [3.05, 3.63) is 52.4 Å². The predicted octanol–water partition coefficient (Wildman–Crippen LogP) is 3.67. The summed E-state index contributed by atoms with van der Waals surface area (Å²) in [6.07, 6.45) is 1.89. The number of aryl methyl sites for hydroxylation is 1. The van der Waals surface area contributed by atoms with E-state index in [1.807, 2.05) is 23.9 Å². The molecule has 0 radical (unpaired) electrons. The zero-order chi connectivity index (χ0) is 18.4. The van der Waals surface area contributed by atoms with Crippen LogP contribution in [0.25, 0.3) is 22.6 Å². The first-order valence-corrected chi connectivity index (χ1v) is 8.71. The quantitative estimate of drug-likeness (QED) is 0.407. The van der Waals surface area contributed by atoms with Crippen molar-refractivity contribution < 1.29 is 9.53 Å². The van der Waals surface area contributed by atoms with Crippen molar-refractivity contribution in [1.29, 1.82) is 0 Å². The first-order valence-electron chi connectivity index (χ1n) is 8.33. The Morgan fingerprint density at radius 1 is 1.27 bits per heavy atom. The summed E-state index contributed by atoms with van der Waals surface area (Å²) >= 11 is 6.02. The Hall–Kier alpha value is -2.73. The van der Waals surface area contributed by atoms with E-state index < -0.39 is 5.97 Å². The monoisotopic (exact) mass is 368 g/mol. The Labute approximate surface area is 155 Å². The van der Waals surface area contributed by atoms with Gasteiger partial charge in [0.05, 0.1) is 11.8 Å². The molecule has 0 unspecified atom stereocenters.